The summed E-state index contributed by atoms with van der Waals surface area (Å²) in [5.41, 5.74) is 1.27. The molecule has 2 N–H and O–H groups in total. The molecule has 1 heterocycles. The standard InChI is InChI=1S/C16H24N2O3/c1-3-9-17-15(4-2)12-5-7-13(8-6-12)20-11-14-10-18-16(19)21-14/h5-8,14-15,17H,3-4,9-11H2,1-2H3,(H,18,19). The van der Waals surface area contributed by atoms with E-state index < -0.39 is 0 Å². The molecule has 1 amide bonds. The summed E-state index contributed by atoms with van der Waals surface area (Å²) in [7, 11) is 0. The van der Waals surface area contributed by atoms with Crippen molar-refractivity contribution in [2.45, 2.75) is 38.8 Å². The molecule has 5 nitrogen and oxygen atoms in total. The Morgan fingerprint density at radius 1 is 1.38 bits per heavy atom. The molecule has 21 heavy (non-hydrogen) atoms. The molecule has 1 fully saturated rings. The number of ether oxygens (including phenoxy) is 2. The highest BCUT2D eigenvalue weighted by Crippen LogP contribution is 2.20. The van der Waals surface area contributed by atoms with Crippen molar-refractivity contribution in [2.75, 3.05) is 19.7 Å². The van der Waals surface area contributed by atoms with Crippen molar-refractivity contribution in [1.29, 1.82) is 0 Å². The van der Waals surface area contributed by atoms with Crippen LogP contribution in [0.15, 0.2) is 24.3 Å². The average Bonchev–Trinajstić information content (AvgIpc) is 2.93. The summed E-state index contributed by atoms with van der Waals surface area (Å²) >= 11 is 0. The number of hydrogen-bond donors (Lipinski definition) is 2. The summed E-state index contributed by atoms with van der Waals surface area (Å²) in [5, 5.41) is 6.14. The average molecular weight is 292 g/mol. The van der Waals surface area contributed by atoms with Crippen molar-refractivity contribution in [3.8, 4) is 5.75 Å². The second-order valence-electron chi connectivity index (χ2n) is 5.20. The second-order valence-corrected chi connectivity index (χ2v) is 5.20. The Hall–Kier alpha value is -1.75. The predicted molar refractivity (Wildman–Crippen MR) is 81.5 cm³/mol. The van der Waals surface area contributed by atoms with Gasteiger partial charge in [0.15, 0.2) is 6.10 Å². The number of amides is 1. The Kier molecular flexibility index (Phi) is 5.87. The van der Waals surface area contributed by atoms with Crippen LogP contribution in [0.4, 0.5) is 4.79 Å². The van der Waals surface area contributed by atoms with Crippen molar-refractivity contribution in [1.82, 2.24) is 10.6 Å². The largest absolute Gasteiger partial charge is 0.490 e. The third-order valence-corrected chi connectivity index (χ3v) is 3.52. The van der Waals surface area contributed by atoms with Crippen LogP contribution in [0.3, 0.4) is 0 Å². The highest BCUT2D eigenvalue weighted by Gasteiger charge is 2.22. The van der Waals surface area contributed by atoms with E-state index in [1.165, 1.54) is 5.56 Å². The maximum Gasteiger partial charge on any atom is 0.407 e. The lowest BCUT2D eigenvalue weighted by Crippen LogP contribution is -2.22. The molecule has 1 aliphatic rings. The van der Waals surface area contributed by atoms with E-state index in [0.29, 0.717) is 19.2 Å². The fraction of sp³-hybridized carbons (Fsp3) is 0.562. The Labute approximate surface area is 126 Å². The van der Waals surface area contributed by atoms with E-state index in [9.17, 15) is 4.79 Å². The van der Waals surface area contributed by atoms with Gasteiger partial charge in [0.2, 0.25) is 0 Å². The molecular weight excluding hydrogens is 268 g/mol. The zero-order chi connectivity index (χ0) is 15.1. The summed E-state index contributed by atoms with van der Waals surface area (Å²) in [4.78, 5) is 10.9. The molecule has 0 saturated carbocycles. The molecule has 0 radical (unpaired) electrons. The van der Waals surface area contributed by atoms with E-state index >= 15 is 0 Å². The Bertz CT molecular complexity index is 447. The molecule has 5 heteroatoms. The highest BCUT2D eigenvalue weighted by atomic mass is 16.6. The molecule has 0 bridgehead atoms. The van der Waals surface area contributed by atoms with Crippen LogP contribution in [0.5, 0.6) is 5.75 Å². The van der Waals surface area contributed by atoms with Crippen LogP contribution in [0.25, 0.3) is 0 Å². The van der Waals surface area contributed by atoms with Gasteiger partial charge in [-0.05, 0) is 37.1 Å². The van der Waals surface area contributed by atoms with Gasteiger partial charge in [-0.1, -0.05) is 26.0 Å². The first kappa shape index (κ1) is 15.6. The van der Waals surface area contributed by atoms with Gasteiger partial charge in [0, 0.05) is 6.04 Å². The third-order valence-electron chi connectivity index (χ3n) is 3.52. The van der Waals surface area contributed by atoms with Crippen molar-refractivity contribution < 1.29 is 14.3 Å². The lowest BCUT2D eigenvalue weighted by molar-refractivity contribution is 0.105. The molecule has 2 atom stereocenters. The minimum Gasteiger partial charge on any atom is -0.490 e. The van der Waals surface area contributed by atoms with E-state index in [-0.39, 0.29) is 12.2 Å². The van der Waals surface area contributed by atoms with E-state index in [0.717, 1.165) is 25.1 Å². The van der Waals surface area contributed by atoms with Gasteiger partial charge in [-0.3, -0.25) is 0 Å². The van der Waals surface area contributed by atoms with Gasteiger partial charge in [-0.25, -0.2) is 4.79 Å². The molecule has 0 spiro atoms. The van der Waals surface area contributed by atoms with Crippen molar-refractivity contribution in [2.24, 2.45) is 0 Å². The molecule has 1 aromatic carbocycles. The molecule has 1 aromatic rings. The summed E-state index contributed by atoms with van der Waals surface area (Å²) < 4.78 is 10.7. The molecular formula is C16H24N2O3. The van der Waals surface area contributed by atoms with Gasteiger partial charge in [0.1, 0.15) is 12.4 Å². The first-order chi connectivity index (χ1) is 10.2. The van der Waals surface area contributed by atoms with Crippen LogP contribution in [0.1, 0.15) is 38.3 Å². The normalized spacial score (nSPS) is 19.0. The van der Waals surface area contributed by atoms with Gasteiger partial charge >= 0.3 is 6.09 Å². The second kappa shape index (κ2) is 7.88. The lowest BCUT2D eigenvalue weighted by atomic mass is 10.0. The Morgan fingerprint density at radius 2 is 2.14 bits per heavy atom. The van der Waals surface area contributed by atoms with Crippen molar-refractivity contribution >= 4 is 6.09 Å². The zero-order valence-electron chi connectivity index (χ0n) is 12.7. The zero-order valence-corrected chi connectivity index (χ0v) is 12.7. The van der Waals surface area contributed by atoms with Crippen LogP contribution in [-0.4, -0.2) is 31.9 Å². The van der Waals surface area contributed by atoms with Crippen molar-refractivity contribution in [3.63, 3.8) is 0 Å². The van der Waals surface area contributed by atoms with E-state index in [1.807, 2.05) is 12.1 Å². The van der Waals surface area contributed by atoms with Gasteiger partial charge in [0.25, 0.3) is 0 Å². The predicted octanol–water partition coefficient (Wildman–Crippen LogP) is 2.62. The number of carbonyl (C=O) groups is 1. The number of carbonyl (C=O) groups excluding carboxylic acids is 1. The Morgan fingerprint density at radius 3 is 2.71 bits per heavy atom. The first-order valence-corrected chi connectivity index (χ1v) is 7.63. The lowest BCUT2D eigenvalue weighted by Gasteiger charge is -2.17. The fourth-order valence-corrected chi connectivity index (χ4v) is 2.33. The summed E-state index contributed by atoms with van der Waals surface area (Å²) in [6.45, 7) is 6.26. The topological polar surface area (TPSA) is 59.6 Å². The van der Waals surface area contributed by atoms with Crippen LogP contribution in [0.2, 0.25) is 0 Å². The monoisotopic (exact) mass is 292 g/mol. The maximum absolute atomic E-state index is 10.9. The SMILES string of the molecule is CCCNC(CC)c1ccc(OCC2CNC(=O)O2)cc1. The summed E-state index contributed by atoms with van der Waals surface area (Å²) in [6.07, 6.45) is 1.62. The van der Waals surface area contributed by atoms with Crippen LogP contribution < -0.4 is 15.4 Å². The third kappa shape index (κ3) is 4.63. The van der Waals surface area contributed by atoms with Gasteiger partial charge in [-0.15, -0.1) is 0 Å². The first-order valence-electron chi connectivity index (χ1n) is 7.63. The molecule has 1 saturated heterocycles. The molecule has 2 unspecified atom stereocenters. The number of benzene rings is 1. The fourth-order valence-electron chi connectivity index (χ4n) is 2.33. The highest BCUT2D eigenvalue weighted by molar-refractivity contribution is 5.69. The van der Waals surface area contributed by atoms with Gasteiger partial charge < -0.3 is 20.1 Å². The van der Waals surface area contributed by atoms with E-state index in [1.54, 1.807) is 0 Å². The molecule has 0 aliphatic carbocycles. The van der Waals surface area contributed by atoms with E-state index in [2.05, 4.69) is 36.6 Å². The van der Waals surface area contributed by atoms with Gasteiger partial charge in [0.05, 0.1) is 6.54 Å². The van der Waals surface area contributed by atoms with E-state index in [4.69, 9.17) is 9.47 Å². The Balaban J connectivity index is 1.84. The maximum atomic E-state index is 10.9. The number of alkyl carbamates (subject to hydrolysis) is 1. The minimum atomic E-state index is -0.369. The van der Waals surface area contributed by atoms with Crippen molar-refractivity contribution in [3.05, 3.63) is 29.8 Å². The molecule has 116 valence electrons. The smallest absolute Gasteiger partial charge is 0.407 e. The number of hydrogen-bond acceptors (Lipinski definition) is 4. The van der Waals surface area contributed by atoms with Crippen LogP contribution in [-0.2, 0) is 4.74 Å². The number of nitrogens with one attached hydrogen (secondary N) is 2. The van der Waals surface area contributed by atoms with Crippen LogP contribution in [0, 0.1) is 0 Å². The summed E-state index contributed by atoms with van der Waals surface area (Å²) in [6, 6.07) is 8.50. The van der Waals surface area contributed by atoms with Crippen LogP contribution >= 0.6 is 0 Å². The summed E-state index contributed by atoms with van der Waals surface area (Å²) in [5.74, 6) is 0.798. The number of rotatable bonds is 8. The molecule has 1 aliphatic heterocycles. The molecule has 2 rings (SSSR count). The quantitative estimate of drug-likeness (QED) is 0.773. The minimum absolute atomic E-state index is 0.202. The van der Waals surface area contributed by atoms with Gasteiger partial charge in [-0.2, -0.15) is 0 Å². The molecule has 0 aromatic heterocycles. The number of cyclic esters (lactones) is 1.